The SMILES string of the molecule is COc1ccc(C(C)=O)cc1CC(=O)OCC(=O)N1CC=C(c2ccccc2)CC1. The Morgan fingerprint density at radius 3 is 2.47 bits per heavy atom. The minimum Gasteiger partial charge on any atom is -0.496 e. The molecule has 0 N–H and O–H groups in total. The van der Waals surface area contributed by atoms with Crippen molar-refractivity contribution in [2.24, 2.45) is 0 Å². The molecule has 6 nitrogen and oxygen atoms in total. The molecule has 30 heavy (non-hydrogen) atoms. The van der Waals surface area contributed by atoms with Crippen LogP contribution < -0.4 is 4.74 Å². The number of carbonyl (C=O) groups is 3. The first kappa shape index (κ1) is 21.3. The zero-order valence-electron chi connectivity index (χ0n) is 17.2. The lowest BCUT2D eigenvalue weighted by Crippen LogP contribution is -2.37. The van der Waals surface area contributed by atoms with E-state index in [1.165, 1.54) is 19.6 Å². The fourth-order valence-electron chi connectivity index (χ4n) is 3.39. The van der Waals surface area contributed by atoms with Crippen LogP contribution in [0.4, 0.5) is 0 Å². The van der Waals surface area contributed by atoms with Crippen molar-refractivity contribution in [1.82, 2.24) is 4.90 Å². The van der Waals surface area contributed by atoms with Crippen LogP contribution >= 0.6 is 0 Å². The van der Waals surface area contributed by atoms with Gasteiger partial charge in [0.05, 0.1) is 13.5 Å². The number of Topliss-reactive ketones (excluding diaryl/α,β-unsaturated/α-hetero) is 1. The molecule has 1 heterocycles. The van der Waals surface area contributed by atoms with Crippen LogP contribution in [0.15, 0.2) is 54.6 Å². The highest BCUT2D eigenvalue weighted by molar-refractivity contribution is 5.94. The summed E-state index contributed by atoms with van der Waals surface area (Å²) in [5, 5.41) is 0. The van der Waals surface area contributed by atoms with E-state index in [2.05, 4.69) is 12.1 Å². The minimum atomic E-state index is -0.542. The molecule has 1 aliphatic heterocycles. The second-order valence-corrected chi connectivity index (χ2v) is 7.11. The fourth-order valence-corrected chi connectivity index (χ4v) is 3.39. The molecule has 1 amide bonds. The van der Waals surface area contributed by atoms with Crippen molar-refractivity contribution in [3.05, 3.63) is 71.3 Å². The van der Waals surface area contributed by atoms with Crippen molar-refractivity contribution in [1.29, 1.82) is 0 Å². The summed E-state index contributed by atoms with van der Waals surface area (Å²) in [5.41, 5.74) is 3.42. The normalized spacial score (nSPS) is 13.4. The van der Waals surface area contributed by atoms with Crippen molar-refractivity contribution < 1.29 is 23.9 Å². The Balaban J connectivity index is 1.53. The molecule has 1 aliphatic rings. The van der Waals surface area contributed by atoms with Crippen molar-refractivity contribution in [3.8, 4) is 5.75 Å². The molecule has 0 aromatic heterocycles. The highest BCUT2D eigenvalue weighted by Crippen LogP contribution is 2.23. The first-order chi connectivity index (χ1) is 14.5. The molecular weight excluding hydrogens is 382 g/mol. The molecule has 0 saturated heterocycles. The third-order valence-electron chi connectivity index (χ3n) is 5.08. The molecule has 156 valence electrons. The van der Waals surface area contributed by atoms with Gasteiger partial charge in [0.2, 0.25) is 0 Å². The summed E-state index contributed by atoms with van der Waals surface area (Å²) in [4.78, 5) is 37.9. The van der Waals surface area contributed by atoms with Crippen LogP contribution in [-0.4, -0.2) is 49.4 Å². The lowest BCUT2D eigenvalue weighted by molar-refractivity contribution is -0.151. The Labute approximate surface area is 176 Å². The Kier molecular flexibility index (Phi) is 7.01. The van der Waals surface area contributed by atoms with Gasteiger partial charge in [-0.1, -0.05) is 36.4 Å². The van der Waals surface area contributed by atoms with E-state index in [1.54, 1.807) is 23.1 Å². The van der Waals surface area contributed by atoms with Gasteiger partial charge in [-0.15, -0.1) is 0 Å². The van der Waals surface area contributed by atoms with Gasteiger partial charge in [0.25, 0.3) is 5.91 Å². The van der Waals surface area contributed by atoms with Crippen LogP contribution in [0, 0.1) is 0 Å². The number of hydrogen-bond acceptors (Lipinski definition) is 5. The summed E-state index contributed by atoms with van der Waals surface area (Å²) in [7, 11) is 1.49. The molecule has 0 radical (unpaired) electrons. The number of ketones is 1. The number of hydrogen-bond donors (Lipinski definition) is 0. The molecule has 0 aliphatic carbocycles. The highest BCUT2D eigenvalue weighted by atomic mass is 16.5. The monoisotopic (exact) mass is 407 g/mol. The van der Waals surface area contributed by atoms with Gasteiger partial charge in [-0.2, -0.15) is 0 Å². The summed E-state index contributed by atoms with van der Waals surface area (Å²) < 4.78 is 10.4. The van der Waals surface area contributed by atoms with Gasteiger partial charge in [0, 0.05) is 24.2 Å². The maximum atomic E-state index is 12.4. The largest absolute Gasteiger partial charge is 0.496 e. The predicted molar refractivity (Wildman–Crippen MR) is 113 cm³/mol. The van der Waals surface area contributed by atoms with Crippen LogP contribution in [-0.2, 0) is 20.7 Å². The van der Waals surface area contributed by atoms with E-state index in [4.69, 9.17) is 9.47 Å². The smallest absolute Gasteiger partial charge is 0.310 e. The molecule has 0 unspecified atom stereocenters. The van der Waals surface area contributed by atoms with Gasteiger partial charge >= 0.3 is 5.97 Å². The topological polar surface area (TPSA) is 72.9 Å². The number of nitrogens with zero attached hydrogens (tertiary/aromatic N) is 1. The predicted octanol–water partition coefficient (Wildman–Crippen LogP) is 3.30. The Hall–Kier alpha value is -3.41. The number of rotatable bonds is 7. The second kappa shape index (κ2) is 9.87. The average Bonchev–Trinajstić information content (AvgIpc) is 2.78. The lowest BCUT2D eigenvalue weighted by Gasteiger charge is -2.26. The zero-order valence-corrected chi connectivity index (χ0v) is 17.2. The molecule has 2 aromatic rings. The van der Waals surface area contributed by atoms with E-state index in [0.717, 1.165) is 12.0 Å². The highest BCUT2D eigenvalue weighted by Gasteiger charge is 2.20. The molecule has 0 bridgehead atoms. The van der Waals surface area contributed by atoms with Crippen LogP contribution in [0.1, 0.15) is 34.8 Å². The standard InChI is InChI=1S/C24H25NO5/c1-17(26)20-8-9-22(29-2)21(14-20)15-24(28)30-16-23(27)25-12-10-19(11-13-25)18-6-4-3-5-7-18/h3-10,14H,11-13,15-16H2,1-2H3. The van der Waals surface area contributed by atoms with Crippen molar-refractivity contribution in [2.75, 3.05) is 26.8 Å². The third-order valence-corrected chi connectivity index (χ3v) is 5.08. The number of amides is 1. The maximum Gasteiger partial charge on any atom is 0.310 e. The number of carbonyl (C=O) groups excluding carboxylic acids is 3. The van der Waals surface area contributed by atoms with Gasteiger partial charge in [-0.05, 0) is 42.7 Å². The van der Waals surface area contributed by atoms with Gasteiger partial charge in [-0.25, -0.2) is 0 Å². The first-order valence-electron chi connectivity index (χ1n) is 9.83. The molecule has 3 rings (SSSR count). The van der Waals surface area contributed by atoms with Crippen LogP contribution in [0.25, 0.3) is 5.57 Å². The van der Waals surface area contributed by atoms with Crippen molar-refractivity contribution in [2.45, 2.75) is 19.8 Å². The summed E-state index contributed by atoms with van der Waals surface area (Å²) in [6, 6.07) is 15.0. The van der Waals surface area contributed by atoms with Crippen LogP contribution in [0.2, 0.25) is 0 Å². The number of ether oxygens (including phenoxy) is 2. The van der Waals surface area contributed by atoms with E-state index >= 15 is 0 Å². The van der Waals surface area contributed by atoms with Crippen molar-refractivity contribution >= 4 is 23.2 Å². The fraction of sp³-hybridized carbons (Fsp3) is 0.292. The van der Waals surface area contributed by atoms with Gasteiger partial charge < -0.3 is 14.4 Å². The molecule has 0 saturated carbocycles. The molecular formula is C24H25NO5. The Bertz CT molecular complexity index is 965. The van der Waals surface area contributed by atoms with E-state index in [9.17, 15) is 14.4 Å². The van der Waals surface area contributed by atoms with Crippen LogP contribution in [0.5, 0.6) is 5.75 Å². The molecule has 0 fully saturated rings. The van der Waals surface area contributed by atoms with Crippen molar-refractivity contribution in [3.63, 3.8) is 0 Å². The maximum absolute atomic E-state index is 12.4. The molecule has 6 heteroatoms. The summed E-state index contributed by atoms with van der Waals surface area (Å²) in [5.74, 6) is -0.371. The summed E-state index contributed by atoms with van der Waals surface area (Å²) in [6.45, 7) is 2.24. The minimum absolute atomic E-state index is 0.0738. The number of methoxy groups -OCH3 is 1. The van der Waals surface area contributed by atoms with E-state index in [0.29, 0.717) is 30.0 Å². The van der Waals surface area contributed by atoms with Gasteiger partial charge in [0.15, 0.2) is 12.4 Å². The van der Waals surface area contributed by atoms with Crippen LogP contribution in [0.3, 0.4) is 0 Å². The first-order valence-corrected chi connectivity index (χ1v) is 9.83. The number of esters is 1. The van der Waals surface area contributed by atoms with E-state index < -0.39 is 5.97 Å². The Morgan fingerprint density at radius 1 is 1.07 bits per heavy atom. The molecule has 0 atom stereocenters. The third kappa shape index (κ3) is 5.35. The zero-order chi connectivity index (χ0) is 21.5. The molecule has 0 spiro atoms. The molecule has 2 aromatic carbocycles. The summed E-state index contributed by atoms with van der Waals surface area (Å²) in [6.07, 6.45) is 2.73. The summed E-state index contributed by atoms with van der Waals surface area (Å²) >= 11 is 0. The van der Waals surface area contributed by atoms with Gasteiger partial charge in [-0.3, -0.25) is 14.4 Å². The number of benzene rings is 2. The van der Waals surface area contributed by atoms with E-state index in [-0.39, 0.29) is 24.7 Å². The Morgan fingerprint density at radius 2 is 1.83 bits per heavy atom. The second-order valence-electron chi connectivity index (χ2n) is 7.11. The lowest BCUT2D eigenvalue weighted by atomic mass is 10.00. The van der Waals surface area contributed by atoms with Gasteiger partial charge in [0.1, 0.15) is 5.75 Å². The van der Waals surface area contributed by atoms with E-state index in [1.807, 2.05) is 24.3 Å². The quantitative estimate of drug-likeness (QED) is 0.520. The average molecular weight is 407 g/mol.